The van der Waals surface area contributed by atoms with Crippen LogP contribution < -0.4 is 9.64 Å². The normalized spacial score (nSPS) is 18.7. The summed E-state index contributed by atoms with van der Waals surface area (Å²) in [7, 11) is 1.24. The fourth-order valence-electron chi connectivity index (χ4n) is 4.14. The number of anilines is 2. The van der Waals surface area contributed by atoms with Crippen molar-refractivity contribution in [3.8, 4) is 5.75 Å². The molecule has 1 N–H and O–H groups in total. The van der Waals surface area contributed by atoms with E-state index in [1.54, 1.807) is 11.8 Å². The summed E-state index contributed by atoms with van der Waals surface area (Å²) in [5, 5.41) is 9.97. The van der Waals surface area contributed by atoms with E-state index in [4.69, 9.17) is 4.74 Å². The first kappa shape index (κ1) is 26.7. The number of hydrogen-bond acceptors (Lipinski definition) is 7. The Morgan fingerprint density at radius 1 is 1.29 bits per heavy atom. The molecule has 3 rings (SSSR count). The van der Waals surface area contributed by atoms with E-state index in [1.807, 2.05) is 36.2 Å². The lowest BCUT2D eigenvalue weighted by atomic mass is 9.81. The topological polar surface area (TPSA) is 59.0 Å². The minimum atomic E-state index is -1.34. The van der Waals surface area contributed by atoms with E-state index in [0.29, 0.717) is 5.75 Å². The van der Waals surface area contributed by atoms with Gasteiger partial charge >= 0.3 is 5.97 Å². The van der Waals surface area contributed by atoms with Crippen LogP contribution in [0.5, 0.6) is 5.75 Å². The first-order valence-corrected chi connectivity index (χ1v) is 13.8. The van der Waals surface area contributed by atoms with Gasteiger partial charge in [-0.15, -0.1) is 23.5 Å². The monoisotopic (exact) mass is 507 g/mol. The summed E-state index contributed by atoms with van der Waals surface area (Å²) in [4.78, 5) is 15.9. The zero-order valence-electron chi connectivity index (χ0n) is 20.3. The van der Waals surface area contributed by atoms with Crippen LogP contribution in [0.3, 0.4) is 0 Å². The maximum absolute atomic E-state index is 13.7. The zero-order valence-corrected chi connectivity index (χ0v) is 21.9. The van der Waals surface area contributed by atoms with Crippen molar-refractivity contribution >= 4 is 40.9 Å². The third-order valence-corrected chi connectivity index (χ3v) is 8.54. The number of ether oxygens (including phenoxy) is 2. The largest absolute Gasteiger partial charge is 0.489 e. The maximum Gasteiger partial charge on any atom is 0.338 e. The number of aliphatic hydroxyl groups is 1. The van der Waals surface area contributed by atoms with E-state index in [1.165, 1.54) is 19.2 Å². The second-order valence-corrected chi connectivity index (χ2v) is 10.5. The van der Waals surface area contributed by atoms with Crippen LogP contribution in [0.1, 0.15) is 39.5 Å². The molecule has 1 heterocycles. The molecule has 186 valence electrons. The highest BCUT2D eigenvalue weighted by atomic mass is 32.2. The van der Waals surface area contributed by atoms with E-state index in [2.05, 4.69) is 29.6 Å². The summed E-state index contributed by atoms with van der Waals surface area (Å²) in [5.74, 6) is 0.620. The number of hydrogen-bond donors (Lipinski definition) is 1. The van der Waals surface area contributed by atoms with Crippen molar-refractivity contribution in [2.75, 3.05) is 37.2 Å². The Hall–Kier alpha value is -1.90. The van der Waals surface area contributed by atoms with Crippen LogP contribution in [0, 0.1) is 11.2 Å². The molecule has 1 aliphatic rings. The Kier molecular flexibility index (Phi) is 9.56. The van der Waals surface area contributed by atoms with Gasteiger partial charge < -0.3 is 19.5 Å². The van der Waals surface area contributed by atoms with E-state index < -0.39 is 12.1 Å². The van der Waals surface area contributed by atoms with Crippen LogP contribution in [-0.2, 0) is 9.53 Å². The molecule has 1 aliphatic heterocycles. The van der Waals surface area contributed by atoms with Crippen molar-refractivity contribution in [2.24, 2.45) is 5.41 Å². The van der Waals surface area contributed by atoms with Crippen LogP contribution in [-0.4, -0.2) is 49.4 Å². The molecular formula is C26H34FNO4S2. The summed E-state index contributed by atoms with van der Waals surface area (Å²) in [6, 6.07) is 10.8. The highest BCUT2D eigenvalue weighted by Gasteiger charge is 2.35. The Morgan fingerprint density at radius 2 is 2.03 bits per heavy atom. The van der Waals surface area contributed by atoms with Gasteiger partial charge in [0.2, 0.25) is 0 Å². The molecular weight excluding hydrogens is 473 g/mol. The zero-order chi connectivity index (χ0) is 24.7. The smallest absolute Gasteiger partial charge is 0.338 e. The van der Waals surface area contributed by atoms with Crippen LogP contribution in [0.4, 0.5) is 15.8 Å². The fraction of sp³-hybridized carbons (Fsp3) is 0.500. The number of nitrogens with zero attached hydrogens (tertiary/aromatic N) is 1. The number of unbranched alkanes of at least 4 members (excludes halogenated alkanes) is 1. The predicted octanol–water partition coefficient (Wildman–Crippen LogP) is 6.29. The maximum atomic E-state index is 13.7. The molecule has 0 amide bonds. The van der Waals surface area contributed by atoms with Gasteiger partial charge in [0.15, 0.2) is 6.10 Å². The van der Waals surface area contributed by atoms with Crippen LogP contribution in [0.25, 0.3) is 0 Å². The van der Waals surface area contributed by atoms with Crippen LogP contribution >= 0.6 is 23.5 Å². The molecule has 0 saturated heterocycles. The Bertz CT molecular complexity index is 972. The number of carbonyl (C=O) groups is 1. The minimum Gasteiger partial charge on any atom is -0.489 e. The highest BCUT2D eigenvalue weighted by molar-refractivity contribution is 7.99. The van der Waals surface area contributed by atoms with E-state index in [-0.39, 0.29) is 17.8 Å². The van der Waals surface area contributed by atoms with Crippen molar-refractivity contribution in [3.63, 3.8) is 0 Å². The number of aliphatic hydroxyl groups excluding tert-OH is 1. The first-order chi connectivity index (χ1) is 16.4. The molecule has 0 fully saturated rings. The van der Waals surface area contributed by atoms with Crippen molar-refractivity contribution in [1.29, 1.82) is 0 Å². The lowest BCUT2D eigenvalue weighted by Gasteiger charge is -2.37. The Morgan fingerprint density at radius 3 is 2.65 bits per heavy atom. The summed E-state index contributed by atoms with van der Waals surface area (Å²) in [5.41, 5.74) is 2.14. The first-order valence-electron chi connectivity index (χ1n) is 11.6. The third kappa shape index (κ3) is 6.20. The van der Waals surface area contributed by atoms with Gasteiger partial charge in [0.05, 0.1) is 17.7 Å². The molecule has 0 saturated carbocycles. The number of carbonyl (C=O) groups excluding carboxylic acids is 1. The summed E-state index contributed by atoms with van der Waals surface area (Å²) < 4.78 is 24.2. The van der Waals surface area contributed by atoms with Gasteiger partial charge in [0, 0.05) is 22.9 Å². The molecule has 0 aromatic heterocycles. The van der Waals surface area contributed by atoms with Crippen molar-refractivity contribution in [2.45, 2.75) is 55.4 Å². The van der Waals surface area contributed by atoms with Gasteiger partial charge in [-0.1, -0.05) is 26.7 Å². The fourth-order valence-corrected chi connectivity index (χ4v) is 6.10. The lowest BCUT2D eigenvalue weighted by Crippen LogP contribution is -2.36. The summed E-state index contributed by atoms with van der Waals surface area (Å²) in [6.45, 7) is 5.15. The van der Waals surface area contributed by atoms with Gasteiger partial charge in [-0.25, -0.2) is 9.18 Å². The van der Waals surface area contributed by atoms with Crippen LogP contribution in [0.15, 0.2) is 46.2 Å². The number of esters is 1. The SMILES string of the molecule is CCCCC1(CC)CSc2cc(OCC(O)C(=O)OC)c(SC)cc2N(c2ccc(F)cc2)C1. The van der Waals surface area contributed by atoms with E-state index >= 15 is 0 Å². The van der Waals surface area contributed by atoms with E-state index in [0.717, 1.165) is 59.1 Å². The highest BCUT2D eigenvalue weighted by Crippen LogP contribution is 2.49. The Labute approximate surface area is 210 Å². The van der Waals surface area contributed by atoms with Gasteiger partial charge in [-0.05, 0) is 60.9 Å². The van der Waals surface area contributed by atoms with Crippen molar-refractivity contribution in [1.82, 2.24) is 0 Å². The van der Waals surface area contributed by atoms with Gasteiger partial charge in [-0.3, -0.25) is 0 Å². The molecule has 0 bridgehead atoms. The standard InChI is InChI=1S/C26H34FNO4S2/c1-5-7-12-26(6-2)16-28(19-10-8-18(27)9-11-19)20-13-24(33-4)22(14-23(20)34-17-26)32-15-21(29)25(30)31-3/h8-11,13-14,21,29H,5-7,12,15-17H2,1-4H3. The number of rotatable bonds is 10. The summed E-state index contributed by atoms with van der Waals surface area (Å²) >= 11 is 3.35. The molecule has 0 aliphatic carbocycles. The van der Waals surface area contributed by atoms with Crippen molar-refractivity contribution < 1.29 is 23.8 Å². The molecule has 8 heteroatoms. The summed E-state index contributed by atoms with van der Waals surface area (Å²) in [6.07, 6.45) is 5.11. The predicted molar refractivity (Wildman–Crippen MR) is 138 cm³/mol. The van der Waals surface area contributed by atoms with Crippen LogP contribution in [0.2, 0.25) is 0 Å². The molecule has 2 aromatic carbocycles. The third-order valence-electron chi connectivity index (χ3n) is 6.38. The molecule has 5 nitrogen and oxygen atoms in total. The quantitative estimate of drug-likeness (QED) is 0.299. The second kappa shape index (κ2) is 12.2. The molecule has 2 aromatic rings. The second-order valence-electron chi connectivity index (χ2n) is 8.63. The average molecular weight is 508 g/mol. The van der Waals surface area contributed by atoms with Gasteiger partial charge in [0.1, 0.15) is 18.2 Å². The number of halogens is 1. The average Bonchev–Trinajstić information content (AvgIpc) is 3.02. The molecule has 2 unspecified atom stereocenters. The minimum absolute atomic E-state index is 0.121. The number of methoxy groups -OCH3 is 1. The Balaban J connectivity index is 2.02. The molecule has 0 spiro atoms. The van der Waals surface area contributed by atoms with Gasteiger partial charge in [0.25, 0.3) is 0 Å². The van der Waals surface area contributed by atoms with Crippen molar-refractivity contribution in [3.05, 3.63) is 42.2 Å². The molecule has 34 heavy (non-hydrogen) atoms. The lowest BCUT2D eigenvalue weighted by molar-refractivity contribution is -0.151. The number of fused-ring (bicyclic) bond motifs is 1. The van der Waals surface area contributed by atoms with Gasteiger partial charge in [-0.2, -0.15) is 0 Å². The van der Waals surface area contributed by atoms with E-state index in [9.17, 15) is 14.3 Å². The number of thioether (sulfide) groups is 2. The molecule has 2 atom stereocenters. The molecule has 0 radical (unpaired) electrons. The number of benzene rings is 2.